The molecule has 31 heavy (non-hydrogen) atoms. The molecule has 7 nitrogen and oxygen atoms in total. The van der Waals surface area contributed by atoms with Crippen LogP contribution in [0, 0.1) is 0 Å². The molecular weight excluding hydrogens is 388 g/mol. The Morgan fingerprint density at radius 2 is 1.90 bits per heavy atom. The maximum atomic E-state index is 6.20. The summed E-state index contributed by atoms with van der Waals surface area (Å²) in [5.74, 6) is 1.12. The average molecular weight is 412 g/mol. The number of benzene rings is 1. The summed E-state index contributed by atoms with van der Waals surface area (Å²) < 4.78 is 8.34. The number of furan rings is 1. The van der Waals surface area contributed by atoms with Gasteiger partial charge in [-0.15, -0.1) is 0 Å². The van der Waals surface area contributed by atoms with Crippen molar-refractivity contribution in [2.45, 2.75) is 44.6 Å². The normalized spacial score (nSPS) is 15.6. The van der Waals surface area contributed by atoms with E-state index in [1.165, 1.54) is 38.5 Å². The van der Waals surface area contributed by atoms with Gasteiger partial charge in [-0.25, -0.2) is 4.98 Å². The number of nitrogens with one attached hydrogen (secondary N) is 1. The van der Waals surface area contributed by atoms with Gasteiger partial charge in [-0.05, 0) is 25.0 Å². The minimum absolute atomic E-state index is 0.387. The number of hydrogen-bond acceptors (Lipinski definition) is 5. The Morgan fingerprint density at radius 3 is 2.77 bits per heavy atom. The summed E-state index contributed by atoms with van der Waals surface area (Å²) in [6.45, 7) is 0. The van der Waals surface area contributed by atoms with E-state index in [1.807, 2.05) is 42.9 Å². The molecule has 0 atom stereocenters. The Kier molecular flexibility index (Phi) is 4.26. The molecule has 0 radical (unpaired) electrons. The lowest BCUT2D eigenvalue weighted by atomic mass is 10.1. The van der Waals surface area contributed by atoms with Gasteiger partial charge in [0, 0.05) is 39.9 Å². The van der Waals surface area contributed by atoms with E-state index in [1.54, 1.807) is 0 Å². The van der Waals surface area contributed by atoms with Crippen molar-refractivity contribution in [2.24, 2.45) is 0 Å². The number of aromatic nitrogens is 5. The molecule has 156 valence electrons. The zero-order chi connectivity index (χ0) is 20.8. The fourth-order valence-electron chi connectivity index (χ4n) is 4.78. The van der Waals surface area contributed by atoms with E-state index in [0.29, 0.717) is 17.4 Å². The van der Waals surface area contributed by atoms with Crippen LogP contribution in [0.15, 0.2) is 53.5 Å². The molecule has 0 aliphatic heterocycles. The summed E-state index contributed by atoms with van der Waals surface area (Å²) >= 11 is 0. The number of nitrogens with two attached hydrogens (primary N) is 1. The third-order valence-corrected chi connectivity index (χ3v) is 6.44. The number of para-hydroxylation sites is 1. The number of nitrogen functional groups attached to an aromatic ring is 1. The van der Waals surface area contributed by atoms with Gasteiger partial charge in [0.25, 0.3) is 0 Å². The van der Waals surface area contributed by atoms with Gasteiger partial charge in [0.1, 0.15) is 5.76 Å². The molecule has 3 N–H and O–H groups in total. The van der Waals surface area contributed by atoms with Crippen LogP contribution < -0.4 is 5.73 Å². The van der Waals surface area contributed by atoms with E-state index < -0.39 is 0 Å². The van der Waals surface area contributed by atoms with Crippen LogP contribution in [0.1, 0.15) is 44.6 Å². The first-order valence-electron chi connectivity index (χ1n) is 10.9. The van der Waals surface area contributed by atoms with Crippen LogP contribution in [0.2, 0.25) is 0 Å². The first-order valence-corrected chi connectivity index (χ1v) is 10.9. The van der Waals surface area contributed by atoms with Gasteiger partial charge in [0.15, 0.2) is 11.4 Å². The SMILES string of the molecule is Nc1ncc(-c2cnn(C3CCCCCC3)c2)c2cc(-c3cccc4cn[nH]c34)oc12. The van der Waals surface area contributed by atoms with Crippen molar-refractivity contribution in [3.63, 3.8) is 0 Å². The third-order valence-electron chi connectivity index (χ3n) is 6.44. The number of rotatable bonds is 3. The van der Waals surface area contributed by atoms with Crippen molar-refractivity contribution in [1.29, 1.82) is 0 Å². The van der Waals surface area contributed by atoms with Crippen LogP contribution in [0.5, 0.6) is 0 Å². The van der Waals surface area contributed by atoms with E-state index in [0.717, 1.165) is 38.7 Å². The molecule has 1 saturated carbocycles. The molecule has 0 unspecified atom stereocenters. The second-order valence-electron chi connectivity index (χ2n) is 8.40. The highest BCUT2D eigenvalue weighted by atomic mass is 16.3. The second kappa shape index (κ2) is 7.27. The van der Waals surface area contributed by atoms with Gasteiger partial charge >= 0.3 is 0 Å². The molecule has 1 aromatic carbocycles. The summed E-state index contributed by atoms with van der Waals surface area (Å²) in [7, 11) is 0. The fraction of sp³-hybridized carbons (Fsp3) is 0.292. The van der Waals surface area contributed by atoms with Gasteiger partial charge in [0.2, 0.25) is 0 Å². The largest absolute Gasteiger partial charge is 0.452 e. The third kappa shape index (κ3) is 3.08. The van der Waals surface area contributed by atoms with Gasteiger partial charge in [0.05, 0.1) is 24.0 Å². The maximum Gasteiger partial charge on any atom is 0.177 e. The summed E-state index contributed by atoms with van der Waals surface area (Å²) in [5, 5.41) is 13.9. The Bertz CT molecular complexity index is 1370. The van der Waals surface area contributed by atoms with E-state index in [4.69, 9.17) is 15.2 Å². The minimum Gasteiger partial charge on any atom is -0.452 e. The number of aromatic amines is 1. The summed E-state index contributed by atoms with van der Waals surface area (Å²) in [6.07, 6.45) is 15.3. The highest BCUT2D eigenvalue weighted by molar-refractivity contribution is 6.02. The summed E-state index contributed by atoms with van der Waals surface area (Å²) in [6, 6.07) is 8.56. The van der Waals surface area contributed by atoms with Crippen molar-refractivity contribution >= 4 is 27.7 Å². The Labute approximate surface area is 179 Å². The number of H-pyrrole nitrogens is 1. The molecule has 1 aliphatic rings. The molecule has 0 bridgehead atoms. The van der Waals surface area contributed by atoms with E-state index in [2.05, 4.69) is 26.1 Å². The smallest absolute Gasteiger partial charge is 0.177 e. The predicted molar refractivity (Wildman–Crippen MR) is 121 cm³/mol. The van der Waals surface area contributed by atoms with Crippen molar-refractivity contribution in [3.05, 3.63) is 49.1 Å². The highest BCUT2D eigenvalue weighted by Crippen LogP contribution is 2.38. The Balaban J connectivity index is 1.45. The lowest BCUT2D eigenvalue weighted by molar-refractivity contribution is 0.405. The lowest BCUT2D eigenvalue weighted by Gasteiger charge is -2.14. The van der Waals surface area contributed by atoms with Crippen LogP contribution in [0.25, 0.3) is 44.3 Å². The maximum absolute atomic E-state index is 6.20. The standard InChI is InChI=1S/C24H24N6O/c25-24-23-19(10-21(31-23)18-9-5-6-15-11-27-29-22(15)18)20(13-26-24)16-12-28-30(14-16)17-7-3-1-2-4-8-17/h5-6,9-14,17H,1-4,7-8H2,(H2,25,26)(H,27,29). The van der Waals surface area contributed by atoms with Gasteiger partial charge < -0.3 is 10.2 Å². The zero-order valence-electron chi connectivity index (χ0n) is 17.2. The number of pyridine rings is 1. The molecular formula is C24H24N6O. The molecule has 6 rings (SSSR count). The number of hydrogen-bond donors (Lipinski definition) is 2. The Morgan fingerprint density at radius 1 is 1.03 bits per heavy atom. The first-order chi connectivity index (χ1) is 15.3. The van der Waals surface area contributed by atoms with Crippen LogP contribution in [0.4, 0.5) is 5.82 Å². The molecule has 1 fully saturated rings. The fourth-order valence-corrected chi connectivity index (χ4v) is 4.78. The molecule has 0 spiro atoms. The summed E-state index contributed by atoms with van der Waals surface area (Å²) in [5.41, 5.74) is 10.7. The predicted octanol–water partition coefficient (Wildman–Crippen LogP) is 5.71. The molecule has 5 aromatic rings. The summed E-state index contributed by atoms with van der Waals surface area (Å²) in [4.78, 5) is 4.41. The van der Waals surface area contributed by atoms with Crippen LogP contribution in [-0.4, -0.2) is 25.0 Å². The quantitative estimate of drug-likeness (QED) is 0.370. The van der Waals surface area contributed by atoms with E-state index in [9.17, 15) is 0 Å². The molecule has 0 amide bonds. The van der Waals surface area contributed by atoms with E-state index >= 15 is 0 Å². The molecule has 4 aromatic heterocycles. The molecule has 0 saturated heterocycles. The van der Waals surface area contributed by atoms with Crippen LogP contribution in [0.3, 0.4) is 0 Å². The average Bonchev–Trinajstić information content (AvgIpc) is 3.51. The van der Waals surface area contributed by atoms with E-state index in [-0.39, 0.29) is 0 Å². The van der Waals surface area contributed by atoms with Crippen molar-refractivity contribution in [1.82, 2.24) is 25.0 Å². The van der Waals surface area contributed by atoms with Gasteiger partial charge in [-0.3, -0.25) is 9.78 Å². The highest BCUT2D eigenvalue weighted by Gasteiger charge is 2.19. The van der Waals surface area contributed by atoms with Crippen LogP contribution >= 0.6 is 0 Å². The molecule has 7 heteroatoms. The second-order valence-corrected chi connectivity index (χ2v) is 8.40. The molecule has 4 heterocycles. The van der Waals surface area contributed by atoms with Crippen molar-refractivity contribution in [2.75, 3.05) is 5.73 Å². The number of fused-ring (bicyclic) bond motifs is 2. The topological polar surface area (TPSA) is 98.5 Å². The number of nitrogens with zero attached hydrogens (tertiary/aromatic N) is 4. The molecule has 1 aliphatic carbocycles. The van der Waals surface area contributed by atoms with Crippen molar-refractivity contribution in [3.8, 4) is 22.5 Å². The van der Waals surface area contributed by atoms with Crippen LogP contribution in [-0.2, 0) is 0 Å². The lowest BCUT2D eigenvalue weighted by Crippen LogP contribution is -2.08. The van der Waals surface area contributed by atoms with Gasteiger partial charge in [-0.2, -0.15) is 10.2 Å². The first kappa shape index (κ1) is 18.2. The monoisotopic (exact) mass is 412 g/mol. The van der Waals surface area contributed by atoms with Crippen molar-refractivity contribution < 1.29 is 4.42 Å². The number of anilines is 1. The van der Waals surface area contributed by atoms with Gasteiger partial charge in [-0.1, -0.05) is 37.8 Å². The minimum atomic E-state index is 0.387. The zero-order valence-corrected chi connectivity index (χ0v) is 17.2. The Hall–Kier alpha value is -3.61.